The molecule has 2 N–H and O–H groups in total. The average molecular weight is 369 g/mol. The van der Waals surface area contributed by atoms with Crippen molar-refractivity contribution in [2.24, 2.45) is 0 Å². The minimum atomic E-state index is -0.312. The minimum Gasteiger partial charge on any atom is -1.00 e. The summed E-state index contributed by atoms with van der Waals surface area (Å²) < 4.78 is 5.86. The number of rotatable bonds is 5. The van der Waals surface area contributed by atoms with E-state index in [1.165, 1.54) is 16.9 Å². The zero-order valence-corrected chi connectivity index (χ0v) is 17.0. The number of halogens is 1. The van der Waals surface area contributed by atoms with Crippen molar-refractivity contribution in [2.45, 2.75) is 72.4 Å². The van der Waals surface area contributed by atoms with Crippen molar-refractivity contribution in [3.05, 3.63) is 28.8 Å². The van der Waals surface area contributed by atoms with Crippen LogP contribution in [0.2, 0.25) is 0 Å². The van der Waals surface area contributed by atoms with Gasteiger partial charge < -0.3 is 22.0 Å². The zero-order valence-electron chi connectivity index (χ0n) is 16.2. The summed E-state index contributed by atoms with van der Waals surface area (Å²) in [6.07, 6.45) is 4.24. The number of benzene rings is 1. The van der Waals surface area contributed by atoms with Gasteiger partial charge in [0, 0.05) is 12.1 Å². The average Bonchev–Trinajstić information content (AvgIpc) is 2.53. The molecule has 1 aliphatic rings. The van der Waals surface area contributed by atoms with Crippen LogP contribution in [0.3, 0.4) is 0 Å². The number of anilines is 1. The van der Waals surface area contributed by atoms with Crippen LogP contribution in [0.5, 0.6) is 0 Å². The molecule has 142 valence electrons. The van der Waals surface area contributed by atoms with Gasteiger partial charge in [0.1, 0.15) is 6.04 Å². The van der Waals surface area contributed by atoms with Crippen molar-refractivity contribution in [3.63, 3.8) is 0 Å². The molecule has 0 spiro atoms. The van der Waals surface area contributed by atoms with Crippen LogP contribution in [-0.2, 0) is 4.74 Å². The van der Waals surface area contributed by atoms with Gasteiger partial charge in [-0.2, -0.15) is 0 Å². The molecule has 2 atom stereocenters. The Morgan fingerprint density at radius 2 is 1.68 bits per heavy atom. The number of nitrogens with one attached hydrogen (secondary N) is 2. The molecule has 4 nitrogen and oxygen atoms in total. The number of hydrogen-bond acceptors (Lipinski definition) is 2. The lowest BCUT2D eigenvalue weighted by atomic mass is 9.91. The van der Waals surface area contributed by atoms with Gasteiger partial charge >= 0.3 is 6.09 Å². The highest BCUT2D eigenvalue weighted by Gasteiger charge is 2.34. The van der Waals surface area contributed by atoms with Gasteiger partial charge in [-0.15, -0.1) is 0 Å². The summed E-state index contributed by atoms with van der Waals surface area (Å²) in [5.74, 6) is 0. The minimum absolute atomic E-state index is 0. The Balaban J connectivity index is 0.00000312. The molecule has 1 fully saturated rings. The van der Waals surface area contributed by atoms with Gasteiger partial charge in [0.25, 0.3) is 0 Å². The van der Waals surface area contributed by atoms with Gasteiger partial charge in [-0.1, -0.05) is 17.7 Å². The number of hydrogen-bond donors (Lipinski definition) is 2. The third kappa shape index (κ3) is 5.61. The molecule has 0 bridgehead atoms. The molecule has 0 aliphatic heterocycles. The van der Waals surface area contributed by atoms with Crippen molar-refractivity contribution in [1.29, 1.82) is 0 Å². The molecule has 0 saturated heterocycles. The van der Waals surface area contributed by atoms with Crippen molar-refractivity contribution in [2.75, 3.05) is 18.4 Å². The maximum Gasteiger partial charge on any atom is 0.412 e. The normalized spacial score (nSPS) is 20.1. The summed E-state index contributed by atoms with van der Waals surface area (Å²) in [6, 6.07) is 4.61. The van der Waals surface area contributed by atoms with Gasteiger partial charge in [0.2, 0.25) is 0 Å². The Labute approximate surface area is 158 Å². The predicted octanol–water partition coefficient (Wildman–Crippen LogP) is 0.400. The summed E-state index contributed by atoms with van der Waals surface area (Å²) in [4.78, 5) is 14.0. The second-order valence-electron chi connectivity index (χ2n) is 7.10. The second kappa shape index (κ2) is 10.0. The number of ether oxygens (including phenoxy) is 1. The van der Waals surface area contributed by atoms with Crippen molar-refractivity contribution in [1.82, 2.24) is 0 Å². The predicted molar refractivity (Wildman–Crippen MR) is 98.8 cm³/mol. The Bertz CT molecular complexity index is 550. The summed E-state index contributed by atoms with van der Waals surface area (Å²) >= 11 is 0. The first-order valence-electron chi connectivity index (χ1n) is 9.36. The molecular formula is C20H33ClN2O2. The number of carbonyl (C=O) groups is 1. The van der Waals surface area contributed by atoms with Crippen LogP contribution in [-0.4, -0.2) is 31.3 Å². The molecule has 1 aliphatic carbocycles. The number of quaternary nitrogens is 1. The van der Waals surface area contributed by atoms with E-state index in [1.54, 1.807) is 0 Å². The second-order valence-corrected chi connectivity index (χ2v) is 7.10. The summed E-state index contributed by atoms with van der Waals surface area (Å²) in [7, 11) is 0. The van der Waals surface area contributed by atoms with E-state index in [4.69, 9.17) is 4.74 Å². The molecule has 2 rings (SSSR count). The maximum absolute atomic E-state index is 12.5. The molecule has 0 radical (unpaired) electrons. The smallest absolute Gasteiger partial charge is 0.412 e. The number of likely N-dealkylation sites (N-methyl/N-ethyl adjacent to an activating group) is 1. The van der Waals surface area contributed by atoms with E-state index in [1.807, 2.05) is 13.8 Å². The lowest BCUT2D eigenvalue weighted by Crippen LogP contribution is -3.16. The fraction of sp³-hybridized carbons (Fsp3) is 0.650. The van der Waals surface area contributed by atoms with Crippen molar-refractivity contribution < 1.29 is 26.8 Å². The van der Waals surface area contributed by atoms with E-state index < -0.39 is 0 Å². The first-order chi connectivity index (χ1) is 11.5. The Kier molecular flexibility index (Phi) is 8.74. The van der Waals surface area contributed by atoms with Crippen LogP contribution >= 0.6 is 0 Å². The summed E-state index contributed by atoms with van der Waals surface area (Å²) in [6.45, 7) is 12.7. The van der Waals surface area contributed by atoms with E-state index in [2.05, 4.69) is 38.2 Å². The lowest BCUT2D eigenvalue weighted by molar-refractivity contribution is -0.926. The van der Waals surface area contributed by atoms with Crippen LogP contribution in [0.4, 0.5) is 10.5 Å². The van der Waals surface area contributed by atoms with E-state index >= 15 is 0 Å². The topological polar surface area (TPSA) is 42.8 Å². The largest absolute Gasteiger partial charge is 1.00 e. The molecule has 0 aromatic heterocycles. The molecule has 1 aromatic carbocycles. The van der Waals surface area contributed by atoms with Crippen LogP contribution < -0.4 is 22.6 Å². The number of amides is 1. The highest BCUT2D eigenvalue weighted by Crippen LogP contribution is 2.24. The zero-order chi connectivity index (χ0) is 17.7. The maximum atomic E-state index is 12.5. The SMILES string of the molecule is CC[NH+](CC)C1CCCCC1OC(=O)Nc1c(C)cc(C)cc1C.[Cl-]. The highest BCUT2D eigenvalue weighted by atomic mass is 35.5. The van der Waals surface area contributed by atoms with Gasteiger partial charge in [-0.25, -0.2) is 4.79 Å². The highest BCUT2D eigenvalue weighted by molar-refractivity contribution is 5.87. The standard InChI is InChI=1S/C20H32N2O2.ClH/c1-6-22(7-2)17-10-8-9-11-18(17)24-20(23)21-19-15(4)12-14(3)13-16(19)5;/h12-13,17-18H,6-11H2,1-5H3,(H,21,23);1H. The number of aryl methyl sites for hydroxylation is 3. The molecule has 0 heterocycles. The van der Waals surface area contributed by atoms with Crippen LogP contribution in [0.25, 0.3) is 0 Å². The van der Waals surface area contributed by atoms with Crippen molar-refractivity contribution >= 4 is 11.8 Å². The molecule has 5 heteroatoms. The summed E-state index contributed by atoms with van der Waals surface area (Å²) in [5, 5.41) is 2.98. The molecule has 25 heavy (non-hydrogen) atoms. The summed E-state index contributed by atoms with van der Waals surface area (Å²) in [5.41, 5.74) is 4.26. The van der Waals surface area contributed by atoms with Gasteiger partial charge in [0.15, 0.2) is 6.10 Å². The van der Waals surface area contributed by atoms with Crippen LogP contribution in [0.15, 0.2) is 12.1 Å². The Morgan fingerprint density at radius 1 is 1.12 bits per heavy atom. The van der Waals surface area contributed by atoms with Gasteiger partial charge in [-0.05, 0) is 65.0 Å². The fourth-order valence-electron chi connectivity index (χ4n) is 4.13. The van der Waals surface area contributed by atoms with E-state index in [-0.39, 0.29) is 24.6 Å². The van der Waals surface area contributed by atoms with E-state index in [0.29, 0.717) is 6.04 Å². The molecule has 1 amide bonds. The molecular weight excluding hydrogens is 336 g/mol. The molecule has 1 aromatic rings. The fourth-order valence-corrected chi connectivity index (χ4v) is 4.13. The Morgan fingerprint density at radius 3 is 2.24 bits per heavy atom. The third-order valence-corrected chi connectivity index (χ3v) is 5.30. The molecule has 2 unspecified atom stereocenters. The molecule has 1 saturated carbocycles. The van der Waals surface area contributed by atoms with Crippen molar-refractivity contribution in [3.8, 4) is 0 Å². The first kappa shape index (κ1) is 21.8. The van der Waals surface area contributed by atoms with E-state index in [0.717, 1.165) is 49.2 Å². The monoisotopic (exact) mass is 368 g/mol. The van der Waals surface area contributed by atoms with Gasteiger partial charge in [-0.3, -0.25) is 5.32 Å². The lowest BCUT2D eigenvalue weighted by Gasteiger charge is -2.35. The first-order valence-corrected chi connectivity index (χ1v) is 9.36. The van der Waals surface area contributed by atoms with Gasteiger partial charge in [0.05, 0.1) is 13.1 Å². The van der Waals surface area contributed by atoms with E-state index in [9.17, 15) is 4.79 Å². The van der Waals surface area contributed by atoms with Crippen LogP contribution in [0, 0.1) is 20.8 Å². The quantitative estimate of drug-likeness (QED) is 0.790. The number of carbonyl (C=O) groups excluding carboxylic acids is 1. The Hall–Kier alpha value is -1.26. The third-order valence-electron chi connectivity index (χ3n) is 5.30. The van der Waals surface area contributed by atoms with Crippen LogP contribution in [0.1, 0.15) is 56.2 Å².